The summed E-state index contributed by atoms with van der Waals surface area (Å²) in [4.78, 5) is 14.4. The molecular formula is C21H20ClNO. The van der Waals surface area contributed by atoms with Gasteiger partial charge >= 0.3 is 0 Å². The lowest BCUT2D eigenvalue weighted by Gasteiger charge is -2.24. The minimum Gasteiger partial charge on any atom is -0.339 e. The molecule has 1 aliphatic carbocycles. The molecule has 0 saturated heterocycles. The van der Waals surface area contributed by atoms with Gasteiger partial charge in [-0.2, -0.15) is 0 Å². The molecule has 1 fully saturated rings. The predicted molar refractivity (Wildman–Crippen MR) is 98.2 cm³/mol. The lowest BCUT2D eigenvalue weighted by atomic mass is 10.1. The van der Waals surface area contributed by atoms with E-state index in [2.05, 4.69) is 11.8 Å². The zero-order chi connectivity index (χ0) is 16.9. The normalized spacial score (nSPS) is 14.1. The van der Waals surface area contributed by atoms with E-state index in [0.29, 0.717) is 11.1 Å². The first-order valence-electron chi connectivity index (χ1n) is 8.28. The van der Waals surface area contributed by atoms with Crippen LogP contribution in [0.5, 0.6) is 0 Å². The van der Waals surface area contributed by atoms with Gasteiger partial charge in [-0.25, -0.2) is 0 Å². The van der Waals surface area contributed by atoms with Crippen LogP contribution in [0.4, 0.5) is 0 Å². The standard InChI is InChI=1S/C21H20ClNO/c1-23(20-4-2-3-5-20)21(24)18-12-8-16(9-13-18)6-7-17-10-14-19(22)15-11-17/h8-15,20H,2-5H2,1H3. The molecule has 24 heavy (non-hydrogen) atoms. The first-order valence-corrected chi connectivity index (χ1v) is 8.66. The number of amides is 1. The van der Waals surface area contributed by atoms with E-state index in [1.54, 1.807) is 0 Å². The van der Waals surface area contributed by atoms with Crippen molar-refractivity contribution in [1.29, 1.82) is 0 Å². The predicted octanol–water partition coefficient (Wildman–Crippen LogP) is 4.75. The number of carbonyl (C=O) groups excluding carboxylic acids is 1. The molecule has 0 heterocycles. The summed E-state index contributed by atoms with van der Waals surface area (Å²) in [6, 6.07) is 15.4. The Labute approximate surface area is 148 Å². The van der Waals surface area contributed by atoms with Gasteiger partial charge in [0.1, 0.15) is 0 Å². The number of hydrogen-bond donors (Lipinski definition) is 0. The van der Waals surface area contributed by atoms with Crippen LogP contribution in [0.25, 0.3) is 0 Å². The van der Waals surface area contributed by atoms with Crippen LogP contribution < -0.4 is 0 Å². The molecule has 0 N–H and O–H groups in total. The van der Waals surface area contributed by atoms with Crippen molar-refractivity contribution in [1.82, 2.24) is 4.90 Å². The topological polar surface area (TPSA) is 20.3 Å². The molecule has 3 heteroatoms. The fourth-order valence-electron chi connectivity index (χ4n) is 3.03. The largest absolute Gasteiger partial charge is 0.339 e. The third kappa shape index (κ3) is 3.99. The second-order valence-corrected chi connectivity index (χ2v) is 6.63. The molecule has 0 unspecified atom stereocenters. The number of rotatable bonds is 2. The van der Waals surface area contributed by atoms with Gasteiger partial charge in [-0.05, 0) is 61.4 Å². The minimum absolute atomic E-state index is 0.0964. The van der Waals surface area contributed by atoms with E-state index in [0.717, 1.165) is 29.5 Å². The molecule has 0 aromatic heterocycles. The molecule has 0 bridgehead atoms. The molecular weight excluding hydrogens is 318 g/mol. The van der Waals surface area contributed by atoms with E-state index >= 15 is 0 Å². The maximum absolute atomic E-state index is 12.5. The quantitative estimate of drug-likeness (QED) is 0.724. The van der Waals surface area contributed by atoms with Crippen molar-refractivity contribution in [2.24, 2.45) is 0 Å². The van der Waals surface area contributed by atoms with Gasteiger partial charge in [0.25, 0.3) is 5.91 Å². The molecule has 1 aliphatic rings. The highest BCUT2D eigenvalue weighted by Gasteiger charge is 2.23. The van der Waals surface area contributed by atoms with Crippen molar-refractivity contribution in [2.75, 3.05) is 7.05 Å². The Balaban J connectivity index is 1.69. The van der Waals surface area contributed by atoms with Crippen molar-refractivity contribution in [3.05, 3.63) is 70.2 Å². The van der Waals surface area contributed by atoms with Gasteiger partial charge in [0.05, 0.1) is 0 Å². The summed E-state index contributed by atoms with van der Waals surface area (Å²) in [5, 5.41) is 0.704. The molecule has 2 aromatic carbocycles. The highest BCUT2D eigenvalue weighted by molar-refractivity contribution is 6.30. The highest BCUT2D eigenvalue weighted by atomic mass is 35.5. The zero-order valence-electron chi connectivity index (χ0n) is 13.8. The van der Waals surface area contributed by atoms with Crippen molar-refractivity contribution in [3.8, 4) is 11.8 Å². The Morgan fingerprint density at radius 1 is 0.958 bits per heavy atom. The molecule has 0 atom stereocenters. The molecule has 0 radical (unpaired) electrons. The fraction of sp³-hybridized carbons (Fsp3) is 0.286. The van der Waals surface area contributed by atoms with Crippen LogP contribution in [-0.2, 0) is 0 Å². The molecule has 0 aliphatic heterocycles. The SMILES string of the molecule is CN(C(=O)c1ccc(C#Cc2ccc(Cl)cc2)cc1)C1CCCC1. The lowest BCUT2D eigenvalue weighted by Crippen LogP contribution is -2.35. The van der Waals surface area contributed by atoms with Gasteiger partial charge in [-0.1, -0.05) is 36.3 Å². The van der Waals surface area contributed by atoms with E-state index in [4.69, 9.17) is 11.6 Å². The van der Waals surface area contributed by atoms with E-state index < -0.39 is 0 Å². The fourth-order valence-corrected chi connectivity index (χ4v) is 3.16. The van der Waals surface area contributed by atoms with E-state index in [-0.39, 0.29) is 5.91 Å². The van der Waals surface area contributed by atoms with E-state index in [9.17, 15) is 4.79 Å². The summed E-state index contributed by atoms with van der Waals surface area (Å²) in [5.74, 6) is 6.31. The zero-order valence-corrected chi connectivity index (χ0v) is 14.5. The minimum atomic E-state index is 0.0964. The number of halogens is 1. The van der Waals surface area contributed by atoms with E-state index in [1.807, 2.05) is 60.5 Å². The number of nitrogens with zero attached hydrogens (tertiary/aromatic N) is 1. The third-order valence-electron chi connectivity index (χ3n) is 4.52. The van der Waals surface area contributed by atoms with Crippen molar-refractivity contribution in [2.45, 2.75) is 31.7 Å². The number of hydrogen-bond acceptors (Lipinski definition) is 1. The summed E-state index contributed by atoms with van der Waals surface area (Å²) in [6.07, 6.45) is 4.68. The second kappa shape index (κ2) is 7.55. The van der Waals surface area contributed by atoms with Crippen LogP contribution in [-0.4, -0.2) is 23.9 Å². The van der Waals surface area contributed by atoms with Gasteiger partial charge in [-0.3, -0.25) is 4.79 Å². The van der Waals surface area contributed by atoms with Crippen molar-refractivity contribution >= 4 is 17.5 Å². The number of benzene rings is 2. The van der Waals surface area contributed by atoms with Gasteiger partial charge < -0.3 is 4.90 Å². The van der Waals surface area contributed by atoms with Gasteiger partial charge in [0, 0.05) is 34.8 Å². The summed E-state index contributed by atoms with van der Waals surface area (Å²) in [6.45, 7) is 0. The van der Waals surface area contributed by atoms with Crippen LogP contribution in [0.1, 0.15) is 47.2 Å². The first-order chi connectivity index (χ1) is 11.6. The molecule has 122 valence electrons. The third-order valence-corrected chi connectivity index (χ3v) is 4.77. The maximum atomic E-state index is 12.5. The average molecular weight is 338 g/mol. The Kier molecular flexibility index (Phi) is 5.23. The molecule has 1 saturated carbocycles. The Morgan fingerprint density at radius 3 is 2.00 bits per heavy atom. The van der Waals surface area contributed by atoms with Crippen LogP contribution >= 0.6 is 11.6 Å². The van der Waals surface area contributed by atoms with Crippen molar-refractivity contribution in [3.63, 3.8) is 0 Å². The average Bonchev–Trinajstić information content (AvgIpc) is 3.15. The molecule has 0 spiro atoms. The van der Waals surface area contributed by atoms with Crippen LogP contribution in [0.3, 0.4) is 0 Å². The molecule has 2 nitrogen and oxygen atoms in total. The Hall–Kier alpha value is -2.24. The summed E-state index contributed by atoms with van der Waals surface area (Å²) in [7, 11) is 1.91. The second-order valence-electron chi connectivity index (χ2n) is 6.19. The Bertz CT molecular complexity index is 762. The van der Waals surface area contributed by atoms with E-state index in [1.165, 1.54) is 12.8 Å². The summed E-state index contributed by atoms with van der Waals surface area (Å²) >= 11 is 5.86. The highest BCUT2D eigenvalue weighted by Crippen LogP contribution is 2.23. The molecule has 2 aromatic rings. The molecule has 1 amide bonds. The maximum Gasteiger partial charge on any atom is 0.253 e. The van der Waals surface area contributed by atoms with Crippen LogP contribution in [0, 0.1) is 11.8 Å². The summed E-state index contributed by atoms with van der Waals surface area (Å²) in [5.41, 5.74) is 2.53. The molecule has 3 rings (SSSR count). The first kappa shape index (κ1) is 16.6. The number of carbonyl (C=O) groups is 1. The van der Waals surface area contributed by atoms with Gasteiger partial charge in [0.2, 0.25) is 0 Å². The monoisotopic (exact) mass is 337 g/mol. The van der Waals surface area contributed by atoms with Crippen LogP contribution in [0.2, 0.25) is 5.02 Å². The van der Waals surface area contributed by atoms with Crippen LogP contribution in [0.15, 0.2) is 48.5 Å². The smallest absolute Gasteiger partial charge is 0.253 e. The van der Waals surface area contributed by atoms with Crippen molar-refractivity contribution < 1.29 is 4.79 Å². The summed E-state index contributed by atoms with van der Waals surface area (Å²) < 4.78 is 0. The lowest BCUT2D eigenvalue weighted by molar-refractivity contribution is 0.0735. The Morgan fingerprint density at radius 2 is 1.46 bits per heavy atom. The van der Waals surface area contributed by atoms with Gasteiger partial charge in [0.15, 0.2) is 0 Å². The van der Waals surface area contributed by atoms with Gasteiger partial charge in [-0.15, -0.1) is 0 Å².